The highest BCUT2D eigenvalue weighted by Crippen LogP contribution is 2.47. The molecule has 4 rings (SSSR count). The molecule has 2 aliphatic rings. The zero-order valence-electron chi connectivity index (χ0n) is 14.0. The van der Waals surface area contributed by atoms with Crippen molar-refractivity contribution in [1.29, 1.82) is 0 Å². The van der Waals surface area contributed by atoms with Crippen LogP contribution >= 0.6 is 0 Å². The van der Waals surface area contributed by atoms with Gasteiger partial charge in [0.15, 0.2) is 0 Å². The first kappa shape index (κ1) is 15.7. The molecule has 0 radical (unpaired) electrons. The normalized spacial score (nSPS) is 24.5. The van der Waals surface area contributed by atoms with Crippen molar-refractivity contribution in [3.05, 3.63) is 59.6 Å². The highest BCUT2D eigenvalue weighted by molar-refractivity contribution is 6.09. The number of amides is 2. The van der Waals surface area contributed by atoms with Gasteiger partial charge in [0, 0.05) is 24.1 Å². The van der Waals surface area contributed by atoms with Gasteiger partial charge in [-0.1, -0.05) is 25.1 Å². The number of para-hydroxylation sites is 1. The molecule has 1 aromatic carbocycles. The van der Waals surface area contributed by atoms with Gasteiger partial charge in [0.05, 0.1) is 0 Å². The molecule has 1 saturated carbocycles. The maximum absolute atomic E-state index is 12.7. The van der Waals surface area contributed by atoms with Gasteiger partial charge in [0.25, 0.3) is 5.91 Å². The number of carbonyl (C=O) groups excluding carboxylic acids is 2. The third-order valence-electron chi connectivity index (χ3n) is 5.05. The van der Waals surface area contributed by atoms with Crippen molar-refractivity contribution < 1.29 is 14.0 Å². The van der Waals surface area contributed by atoms with E-state index in [1.165, 1.54) is 11.0 Å². The van der Waals surface area contributed by atoms with E-state index >= 15 is 0 Å². The molecule has 5 nitrogen and oxygen atoms in total. The zero-order chi connectivity index (χ0) is 17.6. The van der Waals surface area contributed by atoms with Crippen LogP contribution in [0, 0.1) is 5.92 Å². The number of primary amides is 1. The molecule has 1 fully saturated rings. The second-order valence-corrected chi connectivity index (χ2v) is 6.85. The Kier molecular flexibility index (Phi) is 3.71. The van der Waals surface area contributed by atoms with Crippen LogP contribution in [0.2, 0.25) is 0 Å². The number of furan rings is 1. The summed E-state index contributed by atoms with van der Waals surface area (Å²) in [5.41, 5.74) is 7.19. The van der Waals surface area contributed by atoms with Crippen LogP contribution in [0.4, 0.5) is 5.69 Å². The predicted octanol–water partition coefficient (Wildman–Crippen LogP) is 2.86. The van der Waals surface area contributed by atoms with Crippen molar-refractivity contribution >= 4 is 23.6 Å². The van der Waals surface area contributed by atoms with Gasteiger partial charge in [-0.25, -0.2) is 0 Å². The molecular formula is C20H20N2O3. The topological polar surface area (TPSA) is 76.5 Å². The number of carbonyl (C=O) groups is 2. The third kappa shape index (κ3) is 2.86. The average Bonchev–Trinajstić information content (AvgIpc) is 3.03. The number of hydrogen-bond acceptors (Lipinski definition) is 3. The van der Waals surface area contributed by atoms with E-state index in [9.17, 15) is 9.59 Å². The van der Waals surface area contributed by atoms with Gasteiger partial charge < -0.3 is 10.2 Å². The largest absolute Gasteiger partial charge is 0.461 e. The molecule has 1 aromatic heterocycles. The van der Waals surface area contributed by atoms with Gasteiger partial charge in [-0.3, -0.25) is 14.5 Å². The smallest absolute Gasteiger partial charge is 0.251 e. The fourth-order valence-electron chi connectivity index (χ4n) is 3.50. The van der Waals surface area contributed by atoms with Crippen LogP contribution in [0.1, 0.15) is 36.3 Å². The van der Waals surface area contributed by atoms with Crippen LogP contribution in [0.25, 0.3) is 6.08 Å². The summed E-state index contributed by atoms with van der Waals surface area (Å²) in [5.74, 6) is 2.02. The molecule has 2 amide bonds. The van der Waals surface area contributed by atoms with E-state index in [0.717, 1.165) is 23.4 Å². The minimum Gasteiger partial charge on any atom is -0.461 e. The molecule has 0 spiro atoms. The summed E-state index contributed by atoms with van der Waals surface area (Å²) in [5, 5.41) is 0. The molecule has 2 N–H and O–H groups in total. The van der Waals surface area contributed by atoms with E-state index in [0.29, 0.717) is 24.0 Å². The Morgan fingerprint density at radius 2 is 2.00 bits per heavy atom. The maximum Gasteiger partial charge on any atom is 0.251 e. The van der Waals surface area contributed by atoms with Gasteiger partial charge in [0.1, 0.15) is 17.6 Å². The summed E-state index contributed by atoms with van der Waals surface area (Å²) in [4.78, 5) is 25.9. The summed E-state index contributed by atoms with van der Waals surface area (Å²) in [6.07, 6.45) is 4.70. The average molecular weight is 336 g/mol. The van der Waals surface area contributed by atoms with Crippen molar-refractivity contribution in [3.63, 3.8) is 0 Å². The first-order valence-electron chi connectivity index (χ1n) is 8.53. The summed E-state index contributed by atoms with van der Waals surface area (Å²) in [6.45, 7) is 2.20. The first-order chi connectivity index (χ1) is 12.0. The SMILES string of the molecule is CC1CC1c1ccc(C=CC(=O)N2c3ccccc3C[C@H]2C(N)=O)o1. The van der Waals surface area contributed by atoms with Crippen molar-refractivity contribution in [3.8, 4) is 0 Å². The van der Waals surface area contributed by atoms with Crippen LogP contribution in [0.15, 0.2) is 46.9 Å². The lowest BCUT2D eigenvalue weighted by Gasteiger charge is -2.21. The van der Waals surface area contributed by atoms with Gasteiger partial charge >= 0.3 is 0 Å². The van der Waals surface area contributed by atoms with E-state index in [1.807, 2.05) is 36.4 Å². The van der Waals surface area contributed by atoms with Crippen LogP contribution in [0.3, 0.4) is 0 Å². The number of anilines is 1. The van der Waals surface area contributed by atoms with Crippen LogP contribution in [0.5, 0.6) is 0 Å². The Balaban J connectivity index is 1.55. The number of rotatable bonds is 4. The maximum atomic E-state index is 12.7. The van der Waals surface area contributed by atoms with Crippen molar-refractivity contribution in [2.45, 2.75) is 31.7 Å². The monoisotopic (exact) mass is 336 g/mol. The summed E-state index contributed by atoms with van der Waals surface area (Å²) in [6, 6.07) is 10.7. The number of nitrogens with zero attached hydrogens (tertiary/aromatic N) is 1. The molecule has 2 aromatic rings. The Labute approximate surface area is 146 Å². The molecule has 1 aliphatic heterocycles. The number of nitrogens with two attached hydrogens (primary N) is 1. The number of hydrogen-bond donors (Lipinski definition) is 1. The third-order valence-corrected chi connectivity index (χ3v) is 5.05. The molecule has 0 saturated heterocycles. The van der Waals surface area contributed by atoms with Crippen molar-refractivity contribution in [2.75, 3.05) is 4.90 Å². The summed E-state index contributed by atoms with van der Waals surface area (Å²) < 4.78 is 5.79. The van der Waals surface area contributed by atoms with Gasteiger partial charge in [-0.05, 0) is 42.2 Å². The lowest BCUT2D eigenvalue weighted by atomic mass is 10.1. The van der Waals surface area contributed by atoms with Gasteiger partial charge in [-0.2, -0.15) is 0 Å². The fourth-order valence-corrected chi connectivity index (χ4v) is 3.50. The van der Waals surface area contributed by atoms with Gasteiger partial charge in [-0.15, -0.1) is 0 Å². The van der Waals surface area contributed by atoms with E-state index in [1.54, 1.807) is 6.08 Å². The van der Waals surface area contributed by atoms with E-state index < -0.39 is 11.9 Å². The zero-order valence-corrected chi connectivity index (χ0v) is 14.0. The Hall–Kier alpha value is -2.82. The highest BCUT2D eigenvalue weighted by atomic mass is 16.3. The lowest BCUT2D eigenvalue weighted by molar-refractivity contribution is -0.122. The molecule has 0 bridgehead atoms. The molecule has 128 valence electrons. The highest BCUT2D eigenvalue weighted by Gasteiger charge is 2.37. The fraction of sp³-hybridized carbons (Fsp3) is 0.300. The quantitative estimate of drug-likeness (QED) is 0.872. The van der Waals surface area contributed by atoms with E-state index in [4.69, 9.17) is 10.2 Å². The second-order valence-electron chi connectivity index (χ2n) is 6.85. The molecule has 1 aliphatic carbocycles. The molecule has 25 heavy (non-hydrogen) atoms. The van der Waals surface area contributed by atoms with Crippen molar-refractivity contribution in [2.24, 2.45) is 11.7 Å². The summed E-state index contributed by atoms with van der Waals surface area (Å²) in [7, 11) is 0. The molecule has 3 atom stereocenters. The summed E-state index contributed by atoms with van der Waals surface area (Å²) >= 11 is 0. The van der Waals surface area contributed by atoms with Crippen molar-refractivity contribution in [1.82, 2.24) is 0 Å². The molecular weight excluding hydrogens is 316 g/mol. The standard InChI is InChI=1S/C20H20N2O3/c1-12-10-15(12)18-8-6-14(25-18)7-9-19(23)22-16-5-3-2-4-13(16)11-17(22)20(21)24/h2-9,12,15,17H,10-11H2,1H3,(H2,21,24)/t12?,15?,17-/m0/s1. The van der Waals surface area contributed by atoms with E-state index in [-0.39, 0.29) is 5.91 Å². The van der Waals surface area contributed by atoms with Gasteiger partial charge in [0.2, 0.25) is 5.91 Å². The number of benzene rings is 1. The molecule has 5 heteroatoms. The minimum absolute atomic E-state index is 0.272. The van der Waals surface area contributed by atoms with E-state index in [2.05, 4.69) is 6.92 Å². The molecule has 2 heterocycles. The molecule has 2 unspecified atom stereocenters. The van der Waals surface area contributed by atoms with Crippen LogP contribution in [-0.4, -0.2) is 17.9 Å². The Morgan fingerprint density at radius 1 is 1.24 bits per heavy atom. The Morgan fingerprint density at radius 3 is 2.72 bits per heavy atom. The van der Waals surface area contributed by atoms with Crippen LogP contribution < -0.4 is 10.6 Å². The second kappa shape index (κ2) is 5.92. The predicted molar refractivity (Wildman–Crippen MR) is 94.9 cm³/mol. The first-order valence-corrected chi connectivity index (χ1v) is 8.53. The number of fused-ring (bicyclic) bond motifs is 1. The Bertz CT molecular complexity index is 867. The minimum atomic E-state index is -0.644. The van der Waals surface area contributed by atoms with Crippen LogP contribution in [-0.2, 0) is 16.0 Å². The lowest BCUT2D eigenvalue weighted by Crippen LogP contribution is -2.45.